The van der Waals surface area contributed by atoms with E-state index in [9.17, 15) is 0 Å². The van der Waals surface area contributed by atoms with Gasteiger partial charge in [-0.05, 0) is 0 Å². The van der Waals surface area contributed by atoms with Crippen molar-refractivity contribution in [3.63, 3.8) is 0 Å². The molecule has 0 aromatic rings. The normalized spacial score (nSPS) is 4.43. The maximum Gasteiger partial charge on any atom is 3.00 e. The summed E-state index contributed by atoms with van der Waals surface area (Å²) < 4.78 is 0. The molecule has 44 valence electrons. The zero-order valence-electron chi connectivity index (χ0n) is 4.95. The average molecular weight is 279 g/mol. The molecule has 1 nitrogen and oxygen atoms in total. The molecule has 0 saturated carbocycles. The summed E-state index contributed by atoms with van der Waals surface area (Å²) in [5.74, 6) is 0. The minimum atomic E-state index is 0. The predicted molar refractivity (Wildman–Crippen MR) is 27.3 cm³/mol. The van der Waals surface area contributed by atoms with Crippen LogP contribution in [-0.2, 0) is 24.9 Å². The standard InChI is InChI=1S/C3H8.C2H3O.Ir/c1-3-2;1-2-3;/h3H2,1-2H3;1H3;/q;-1;+3. The zero-order valence-corrected chi connectivity index (χ0v) is 7.34. The Morgan fingerprint density at radius 3 is 1.43 bits per heavy atom. The van der Waals surface area contributed by atoms with Crippen LogP contribution in [0.4, 0.5) is 0 Å². The van der Waals surface area contributed by atoms with Crippen LogP contribution in [0.3, 0.4) is 0 Å². The Balaban J connectivity index is -0.0000000400. The van der Waals surface area contributed by atoms with Crippen molar-refractivity contribution in [3.8, 4) is 0 Å². The minimum Gasteiger partial charge on any atom is -0.542 e. The van der Waals surface area contributed by atoms with Crippen LogP contribution in [0.5, 0.6) is 0 Å². The maximum atomic E-state index is 8.68. The second kappa shape index (κ2) is 33.2. The molecule has 0 radical (unpaired) electrons. The molecule has 0 aromatic carbocycles. The van der Waals surface area contributed by atoms with Crippen molar-refractivity contribution in [1.29, 1.82) is 0 Å². The van der Waals surface area contributed by atoms with Crippen molar-refractivity contribution in [3.05, 3.63) is 0 Å². The summed E-state index contributed by atoms with van der Waals surface area (Å²) in [4.78, 5) is 8.68. The summed E-state index contributed by atoms with van der Waals surface area (Å²) >= 11 is 0. The first-order chi connectivity index (χ1) is 2.83. The minimum absolute atomic E-state index is 0. The third-order valence-corrected chi connectivity index (χ3v) is 0. The summed E-state index contributed by atoms with van der Waals surface area (Å²) in [6.45, 7) is 5.57. The monoisotopic (exact) mass is 280 g/mol. The number of carbonyl (C=O) groups excluding carboxylic acids is 1. The van der Waals surface area contributed by atoms with Crippen molar-refractivity contribution in [2.75, 3.05) is 0 Å². The molecule has 0 saturated heterocycles. The molecule has 0 heterocycles. The van der Waals surface area contributed by atoms with Gasteiger partial charge in [0, 0.05) is 0 Å². The Morgan fingerprint density at radius 1 is 1.43 bits per heavy atom. The third-order valence-electron chi connectivity index (χ3n) is 0. The average Bonchev–Trinajstić information content (AvgIpc) is 1.39. The van der Waals surface area contributed by atoms with Gasteiger partial charge in [0.25, 0.3) is 0 Å². The summed E-state index contributed by atoms with van der Waals surface area (Å²) in [5, 5.41) is 0. The van der Waals surface area contributed by atoms with E-state index in [1.807, 2.05) is 0 Å². The van der Waals surface area contributed by atoms with E-state index >= 15 is 0 Å². The van der Waals surface area contributed by atoms with E-state index in [0.717, 1.165) is 0 Å². The second-order valence-corrected chi connectivity index (χ2v) is 0.911. The van der Waals surface area contributed by atoms with Crippen LogP contribution < -0.4 is 0 Å². The van der Waals surface area contributed by atoms with Gasteiger partial charge in [0.05, 0.1) is 0 Å². The van der Waals surface area contributed by atoms with Crippen LogP contribution in [0.15, 0.2) is 0 Å². The van der Waals surface area contributed by atoms with Gasteiger partial charge in [-0.15, -0.1) is 0 Å². The molecule has 0 aromatic heterocycles. The molecule has 0 aliphatic rings. The zero-order chi connectivity index (χ0) is 5.41. The van der Waals surface area contributed by atoms with Gasteiger partial charge in [0.15, 0.2) is 0 Å². The van der Waals surface area contributed by atoms with Gasteiger partial charge in [0.1, 0.15) is 0 Å². The van der Waals surface area contributed by atoms with Crippen LogP contribution in [0, 0.1) is 0 Å². The third kappa shape index (κ3) is 1160. The van der Waals surface area contributed by atoms with E-state index in [4.69, 9.17) is 4.79 Å². The van der Waals surface area contributed by atoms with Crippen molar-refractivity contribution in [1.82, 2.24) is 0 Å². The molecular formula is C5H11IrO+2. The molecule has 2 heteroatoms. The first kappa shape index (κ1) is 15.7. The molecular weight excluding hydrogens is 268 g/mol. The molecule has 0 amide bonds. The Hall–Kier alpha value is 0.319. The molecule has 0 bridgehead atoms. The summed E-state index contributed by atoms with van der Waals surface area (Å²) in [5.41, 5.74) is 0. The van der Waals surface area contributed by atoms with Gasteiger partial charge in [-0.1, -0.05) is 20.3 Å². The number of hydrogen-bond donors (Lipinski definition) is 0. The SMILES string of the molecule is CCC.C[C-]=O.[Ir+3]. The molecule has 0 spiro atoms. The van der Waals surface area contributed by atoms with Crippen molar-refractivity contribution >= 4 is 6.29 Å². The molecule has 7 heavy (non-hydrogen) atoms. The van der Waals surface area contributed by atoms with E-state index in [0.29, 0.717) is 0 Å². The van der Waals surface area contributed by atoms with Crippen molar-refractivity contribution < 1.29 is 24.9 Å². The predicted octanol–water partition coefficient (Wildman–Crippen LogP) is 1.53. The van der Waals surface area contributed by atoms with Crippen LogP contribution >= 0.6 is 0 Å². The van der Waals surface area contributed by atoms with Crippen LogP contribution in [0.1, 0.15) is 27.2 Å². The van der Waals surface area contributed by atoms with Gasteiger partial charge in [-0.25, -0.2) is 0 Å². The van der Waals surface area contributed by atoms with Crippen molar-refractivity contribution in [2.24, 2.45) is 0 Å². The Labute approximate surface area is 58.8 Å². The van der Waals surface area contributed by atoms with E-state index < -0.39 is 0 Å². The molecule has 0 aliphatic heterocycles. The maximum absolute atomic E-state index is 8.68. The van der Waals surface area contributed by atoms with E-state index in [2.05, 4.69) is 13.8 Å². The Morgan fingerprint density at radius 2 is 1.43 bits per heavy atom. The summed E-state index contributed by atoms with van der Waals surface area (Å²) in [6, 6.07) is 0. The molecule has 0 aliphatic carbocycles. The van der Waals surface area contributed by atoms with E-state index in [1.54, 1.807) is 0 Å². The van der Waals surface area contributed by atoms with Crippen LogP contribution in [-0.4, -0.2) is 6.29 Å². The molecule has 0 atom stereocenters. The van der Waals surface area contributed by atoms with Crippen LogP contribution in [0.2, 0.25) is 0 Å². The molecule has 0 N–H and O–H groups in total. The fourth-order valence-electron chi connectivity index (χ4n) is 0. The molecule has 0 fully saturated rings. The molecule has 0 unspecified atom stereocenters. The van der Waals surface area contributed by atoms with Gasteiger partial charge in [-0.2, -0.15) is 6.92 Å². The Kier molecular flexibility index (Phi) is 74.4. The van der Waals surface area contributed by atoms with E-state index in [1.165, 1.54) is 19.6 Å². The first-order valence-electron chi connectivity index (χ1n) is 2.12. The molecule has 0 rings (SSSR count). The summed E-state index contributed by atoms with van der Waals surface area (Å²) in [6.07, 6.45) is 2.75. The smallest absolute Gasteiger partial charge is 0.542 e. The van der Waals surface area contributed by atoms with Gasteiger partial charge in [0.2, 0.25) is 0 Å². The quantitative estimate of drug-likeness (QED) is 0.615. The van der Waals surface area contributed by atoms with Gasteiger partial charge in [-0.3, -0.25) is 6.29 Å². The second-order valence-electron chi connectivity index (χ2n) is 0.911. The summed E-state index contributed by atoms with van der Waals surface area (Å²) in [7, 11) is 0. The van der Waals surface area contributed by atoms with E-state index in [-0.39, 0.29) is 20.1 Å². The van der Waals surface area contributed by atoms with Crippen molar-refractivity contribution in [2.45, 2.75) is 27.2 Å². The number of hydrogen-bond acceptors (Lipinski definition) is 1. The largest absolute Gasteiger partial charge is 3.00 e. The fraction of sp³-hybridized carbons (Fsp3) is 0.800. The van der Waals surface area contributed by atoms with Crippen LogP contribution in [0.25, 0.3) is 0 Å². The van der Waals surface area contributed by atoms with Gasteiger partial charge >= 0.3 is 20.1 Å². The topological polar surface area (TPSA) is 17.1 Å². The van der Waals surface area contributed by atoms with Gasteiger partial charge < -0.3 is 4.79 Å². The number of rotatable bonds is 0. The first-order valence-corrected chi connectivity index (χ1v) is 2.12. The Bertz CT molecular complexity index is 22.0. The fourth-order valence-corrected chi connectivity index (χ4v) is 0.